The third kappa shape index (κ3) is 1.73. The maximum Gasteiger partial charge on any atom is 0.157 e. The van der Waals surface area contributed by atoms with Gasteiger partial charge < -0.3 is 9.94 Å². The second-order valence-electron chi connectivity index (χ2n) is 2.25. The molecule has 3 nitrogen and oxygen atoms in total. The Hall–Kier alpha value is -0.130. The molecule has 0 atom stereocenters. The molecule has 0 saturated heterocycles. The lowest BCUT2D eigenvalue weighted by Crippen LogP contribution is -2.30. The van der Waals surface area contributed by atoms with E-state index in [2.05, 4.69) is 36.7 Å². The van der Waals surface area contributed by atoms with Gasteiger partial charge in [0.15, 0.2) is 5.75 Å². The molecule has 0 fully saturated rings. The summed E-state index contributed by atoms with van der Waals surface area (Å²) in [6, 6.07) is 0. The number of rotatable bonds is 1. The quantitative estimate of drug-likeness (QED) is 0.556. The van der Waals surface area contributed by atoms with Gasteiger partial charge in [-0.05, 0) is 31.9 Å². The first kappa shape index (κ1) is 10.9. The number of nitrogens with two attached hydrogens (primary N) is 1. The Balaban J connectivity index is 3.56. The SMILES string of the molecule is [B]c1c([B])c(ON)c(Br)c(O)c1Br. The van der Waals surface area contributed by atoms with Gasteiger partial charge in [-0.2, -0.15) is 5.90 Å². The van der Waals surface area contributed by atoms with Crippen molar-refractivity contribution in [3.63, 3.8) is 0 Å². The molecule has 64 valence electrons. The fraction of sp³-hybridized carbons (Fsp3) is 0. The Morgan fingerprint density at radius 2 is 1.69 bits per heavy atom. The Morgan fingerprint density at radius 3 is 2.15 bits per heavy atom. The highest BCUT2D eigenvalue weighted by Crippen LogP contribution is 2.35. The van der Waals surface area contributed by atoms with Crippen molar-refractivity contribution in [3.05, 3.63) is 8.95 Å². The maximum absolute atomic E-state index is 9.46. The predicted octanol–water partition coefficient (Wildman–Crippen LogP) is -0.243. The number of halogens is 2. The number of phenolic OH excluding ortho intramolecular Hbond substituents is 1. The summed E-state index contributed by atoms with van der Waals surface area (Å²) in [5, 5.41) is 9.46. The molecule has 0 aliphatic carbocycles. The second-order valence-corrected chi connectivity index (χ2v) is 3.84. The molecule has 0 bridgehead atoms. The highest BCUT2D eigenvalue weighted by atomic mass is 79.9. The fourth-order valence-electron chi connectivity index (χ4n) is 0.805. The van der Waals surface area contributed by atoms with Crippen LogP contribution in [-0.4, -0.2) is 20.8 Å². The molecular weight excluding hydrogens is 300 g/mol. The van der Waals surface area contributed by atoms with Crippen LogP contribution in [0.4, 0.5) is 0 Å². The minimum Gasteiger partial charge on any atom is -0.505 e. The van der Waals surface area contributed by atoms with E-state index in [0.717, 1.165) is 0 Å². The lowest BCUT2D eigenvalue weighted by Gasteiger charge is -2.13. The molecule has 0 aliphatic rings. The molecule has 13 heavy (non-hydrogen) atoms. The number of hydrogen-bond acceptors (Lipinski definition) is 3. The molecule has 3 N–H and O–H groups in total. The average molecular weight is 303 g/mol. The van der Waals surface area contributed by atoms with Crippen molar-refractivity contribution < 1.29 is 9.94 Å². The van der Waals surface area contributed by atoms with Gasteiger partial charge in [-0.1, -0.05) is 10.9 Å². The summed E-state index contributed by atoms with van der Waals surface area (Å²) in [7, 11) is 11.1. The first-order chi connectivity index (χ1) is 6.00. The average Bonchev–Trinajstić information content (AvgIpc) is 2.13. The van der Waals surface area contributed by atoms with Crippen molar-refractivity contribution in [1.82, 2.24) is 0 Å². The van der Waals surface area contributed by atoms with Gasteiger partial charge in [-0.15, -0.1) is 0 Å². The van der Waals surface area contributed by atoms with Gasteiger partial charge in [0.1, 0.15) is 25.9 Å². The molecule has 0 spiro atoms. The smallest absolute Gasteiger partial charge is 0.157 e. The van der Waals surface area contributed by atoms with Gasteiger partial charge in [0.05, 0.1) is 4.47 Å². The van der Waals surface area contributed by atoms with E-state index < -0.39 is 0 Å². The lowest BCUT2D eigenvalue weighted by molar-refractivity contribution is 0.332. The molecule has 1 rings (SSSR count). The molecule has 0 aromatic heterocycles. The monoisotopic (exact) mass is 301 g/mol. The Morgan fingerprint density at radius 1 is 1.15 bits per heavy atom. The summed E-state index contributed by atoms with van der Waals surface area (Å²) < 4.78 is 0.561. The van der Waals surface area contributed by atoms with E-state index in [9.17, 15) is 5.11 Å². The van der Waals surface area contributed by atoms with E-state index in [1.807, 2.05) is 0 Å². The molecule has 0 saturated carbocycles. The Kier molecular flexibility index (Phi) is 3.32. The van der Waals surface area contributed by atoms with Crippen LogP contribution in [0.5, 0.6) is 11.5 Å². The zero-order valence-electron chi connectivity index (χ0n) is 6.34. The minimum atomic E-state index is -0.104. The third-order valence-electron chi connectivity index (χ3n) is 1.50. The second kappa shape index (κ2) is 3.94. The molecule has 0 heterocycles. The van der Waals surface area contributed by atoms with Crippen LogP contribution in [0.3, 0.4) is 0 Å². The minimum absolute atomic E-state index is 0.104. The summed E-state index contributed by atoms with van der Waals surface area (Å²) in [6.45, 7) is 0. The fourth-order valence-corrected chi connectivity index (χ4v) is 1.99. The van der Waals surface area contributed by atoms with Gasteiger partial charge in [0.2, 0.25) is 0 Å². The molecule has 1 aromatic rings. The van der Waals surface area contributed by atoms with Crippen molar-refractivity contribution in [3.8, 4) is 11.5 Å². The molecule has 1 aromatic carbocycles. The Bertz CT molecular complexity index is 330. The first-order valence-corrected chi connectivity index (χ1v) is 4.70. The number of phenols is 1. The van der Waals surface area contributed by atoms with E-state index in [1.165, 1.54) is 0 Å². The van der Waals surface area contributed by atoms with Gasteiger partial charge in [0, 0.05) is 0 Å². The van der Waals surface area contributed by atoms with Crippen LogP contribution >= 0.6 is 31.9 Å². The summed E-state index contributed by atoms with van der Waals surface area (Å²) in [6.07, 6.45) is 0. The molecule has 0 amide bonds. The standard InChI is InChI=1S/C6H3B2Br2NO2/c7-1-2(8)6(13-11)4(10)5(12)3(1)9/h12H,11H2. The summed E-state index contributed by atoms with van der Waals surface area (Å²) in [5.41, 5.74) is 0.347. The molecule has 4 radical (unpaired) electrons. The number of benzene rings is 1. The highest BCUT2D eigenvalue weighted by Gasteiger charge is 2.16. The largest absolute Gasteiger partial charge is 0.505 e. The molecule has 0 aliphatic heterocycles. The van der Waals surface area contributed by atoms with Gasteiger partial charge in [-0.3, -0.25) is 0 Å². The molecular formula is C6H3B2Br2NO2. The molecule has 7 heteroatoms. The van der Waals surface area contributed by atoms with Crippen molar-refractivity contribution in [2.24, 2.45) is 5.90 Å². The van der Waals surface area contributed by atoms with Crippen molar-refractivity contribution >= 4 is 58.5 Å². The van der Waals surface area contributed by atoms with Crippen LogP contribution in [-0.2, 0) is 0 Å². The highest BCUT2D eigenvalue weighted by molar-refractivity contribution is 9.11. The van der Waals surface area contributed by atoms with Crippen molar-refractivity contribution in [2.45, 2.75) is 0 Å². The predicted molar refractivity (Wildman–Crippen MR) is 59.1 cm³/mol. The Labute approximate surface area is 94.7 Å². The summed E-state index contributed by atoms with van der Waals surface area (Å²) in [5.74, 6) is 4.95. The van der Waals surface area contributed by atoms with Crippen LogP contribution in [0.1, 0.15) is 0 Å². The zero-order chi connectivity index (χ0) is 10.2. The van der Waals surface area contributed by atoms with Gasteiger partial charge in [0.25, 0.3) is 0 Å². The third-order valence-corrected chi connectivity index (χ3v) is 3.04. The first-order valence-electron chi connectivity index (χ1n) is 3.12. The number of aromatic hydroxyl groups is 1. The van der Waals surface area contributed by atoms with E-state index in [-0.39, 0.29) is 26.9 Å². The topological polar surface area (TPSA) is 55.5 Å². The van der Waals surface area contributed by atoms with Crippen LogP contribution in [0.15, 0.2) is 8.95 Å². The van der Waals surface area contributed by atoms with E-state index in [0.29, 0.717) is 4.47 Å². The van der Waals surface area contributed by atoms with E-state index in [1.54, 1.807) is 0 Å². The summed E-state index contributed by atoms with van der Waals surface area (Å²) >= 11 is 6.12. The van der Waals surface area contributed by atoms with Crippen molar-refractivity contribution in [2.75, 3.05) is 0 Å². The van der Waals surface area contributed by atoms with Gasteiger partial charge in [-0.25, -0.2) is 0 Å². The van der Waals surface area contributed by atoms with Crippen LogP contribution < -0.4 is 21.7 Å². The summed E-state index contributed by atoms with van der Waals surface area (Å²) in [4.78, 5) is 4.46. The van der Waals surface area contributed by atoms with Crippen LogP contribution in [0.25, 0.3) is 0 Å². The maximum atomic E-state index is 9.46. The van der Waals surface area contributed by atoms with E-state index >= 15 is 0 Å². The normalized spacial score (nSPS) is 10.1. The van der Waals surface area contributed by atoms with Crippen LogP contribution in [0.2, 0.25) is 0 Å². The molecule has 0 unspecified atom stereocenters. The lowest BCUT2D eigenvalue weighted by atomic mass is 9.80. The van der Waals surface area contributed by atoms with Gasteiger partial charge >= 0.3 is 0 Å². The van der Waals surface area contributed by atoms with Crippen LogP contribution in [0, 0.1) is 0 Å². The van der Waals surface area contributed by atoms with E-state index in [4.69, 9.17) is 21.6 Å². The zero-order valence-corrected chi connectivity index (χ0v) is 9.52. The van der Waals surface area contributed by atoms with Crippen molar-refractivity contribution in [1.29, 1.82) is 0 Å². The number of hydrogen-bond donors (Lipinski definition) is 2.